The number of carbonyl (C=O) groups is 1. The molecule has 1 aliphatic heterocycles. The molecule has 0 radical (unpaired) electrons. The number of ether oxygens (including phenoxy) is 2. The summed E-state index contributed by atoms with van der Waals surface area (Å²) in [7, 11) is 2.81. The van der Waals surface area contributed by atoms with Gasteiger partial charge in [0.15, 0.2) is 0 Å². The third-order valence-corrected chi connectivity index (χ3v) is 3.32. The van der Waals surface area contributed by atoms with Crippen LogP contribution in [0.15, 0.2) is 15.5 Å². The Kier molecular flexibility index (Phi) is 3.30. The number of hydrogen-bond acceptors (Lipinski definition) is 5. The smallest absolute Gasteiger partial charge is 0.329 e. The van der Waals surface area contributed by atoms with Crippen LogP contribution >= 0.6 is 15.9 Å². The van der Waals surface area contributed by atoms with E-state index in [2.05, 4.69) is 25.7 Å². The number of aromatic nitrogens is 2. The number of hydrogen-bond donors (Lipinski definition) is 0. The number of halogens is 1. The van der Waals surface area contributed by atoms with E-state index in [1.54, 1.807) is 0 Å². The number of fused-ring (bicyclic) bond motifs is 1. The van der Waals surface area contributed by atoms with Crippen LogP contribution in [0.1, 0.15) is 24.4 Å². The van der Waals surface area contributed by atoms with Gasteiger partial charge in [-0.2, -0.15) is 0 Å². The number of nitrogens with zero attached hydrogens (tertiary/aromatic N) is 2. The Labute approximate surface area is 106 Å². The minimum absolute atomic E-state index is 0.301. The van der Waals surface area contributed by atoms with Crippen LogP contribution in [-0.4, -0.2) is 29.7 Å². The summed E-state index contributed by atoms with van der Waals surface area (Å²) < 4.78 is 11.5. The van der Waals surface area contributed by atoms with E-state index in [1.165, 1.54) is 25.0 Å². The van der Waals surface area contributed by atoms with Crippen molar-refractivity contribution in [2.45, 2.75) is 18.6 Å². The molecule has 0 amide bonds. The molecular formula is C10H11BrN2O4. The minimum atomic E-state index is -0.669. The second kappa shape index (κ2) is 4.58. The summed E-state index contributed by atoms with van der Waals surface area (Å²) in [6.45, 7) is 0. The van der Waals surface area contributed by atoms with Crippen molar-refractivity contribution in [1.29, 1.82) is 0 Å². The minimum Gasteiger partial charge on any atom is -0.467 e. The first kappa shape index (κ1) is 12.3. The molecule has 1 aliphatic rings. The second-order valence-corrected chi connectivity index (χ2v) is 4.49. The van der Waals surface area contributed by atoms with E-state index in [-0.39, 0.29) is 11.7 Å². The highest BCUT2D eigenvalue weighted by atomic mass is 79.9. The molecule has 1 aromatic rings. The van der Waals surface area contributed by atoms with E-state index in [0.717, 1.165) is 0 Å². The summed E-state index contributed by atoms with van der Waals surface area (Å²) >= 11 is 3.10. The van der Waals surface area contributed by atoms with E-state index in [0.29, 0.717) is 16.7 Å². The molecule has 2 atom stereocenters. The van der Waals surface area contributed by atoms with Crippen molar-refractivity contribution in [2.75, 3.05) is 14.2 Å². The average Bonchev–Trinajstić information content (AvgIpc) is 2.72. The Bertz CT molecular complexity index is 514. The predicted molar refractivity (Wildman–Crippen MR) is 61.6 cm³/mol. The van der Waals surface area contributed by atoms with Gasteiger partial charge in [0.2, 0.25) is 0 Å². The molecule has 0 unspecified atom stereocenters. The van der Waals surface area contributed by atoms with Crippen LogP contribution in [0.25, 0.3) is 0 Å². The SMILES string of the molecule is COC(=O)[C@@H]1C[C@@H](OC)c2ncc(Br)c(=O)n21. The van der Waals surface area contributed by atoms with Gasteiger partial charge in [-0.15, -0.1) is 0 Å². The van der Waals surface area contributed by atoms with Crippen molar-refractivity contribution in [2.24, 2.45) is 0 Å². The zero-order valence-electron chi connectivity index (χ0n) is 9.34. The van der Waals surface area contributed by atoms with Gasteiger partial charge in [0.25, 0.3) is 5.56 Å². The average molecular weight is 303 g/mol. The van der Waals surface area contributed by atoms with Crippen LogP contribution in [0.4, 0.5) is 0 Å². The lowest BCUT2D eigenvalue weighted by atomic mass is 10.2. The molecule has 7 heteroatoms. The van der Waals surface area contributed by atoms with Crippen LogP contribution in [0.3, 0.4) is 0 Å². The molecule has 0 aromatic carbocycles. The lowest BCUT2D eigenvalue weighted by Gasteiger charge is -2.10. The fourth-order valence-corrected chi connectivity index (χ4v) is 2.25. The molecule has 2 heterocycles. The van der Waals surface area contributed by atoms with Gasteiger partial charge in [-0.05, 0) is 15.9 Å². The largest absolute Gasteiger partial charge is 0.467 e. The Morgan fingerprint density at radius 2 is 2.29 bits per heavy atom. The Morgan fingerprint density at radius 3 is 2.88 bits per heavy atom. The van der Waals surface area contributed by atoms with Crippen molar-refractivity contribution in [3.8, 4) is 0 Å². The van der Waals surface area contributed by atoms with Gasteiger partial charge in [0.1, 0.15) is 22.4 Å². The van der Waals surface area contributed by atoms with Crippen LogP contribution in [-0.2, 0) is 14.3 Å². The Balaban J connectivity index is 2.58. The van der Waals surface area contributed by atoms with Gasteiger partial charge in [0, 0.05) is 19.7 Å². The summed E-state index contributed by atoms with van der Waals surface area (Å²) in [5, 5.41) is 0. The number of rotatable bonds is 2. The molecule has 0 N–H and O–H groups in total. The molecule has 1 aromatic heterocycles. The Morgan fingerprint density at radius 1 is 1.59 bits per heavy atom. The topological polar surface area (TPSA) is 70.4 Å². The molecule has 92 valence electrons. The summed E-state index contributed by atoms with van der Waals surface area (Å²) in [5.41, 5.74) is -0.301. The van der Waals surface area contributed by atoms with Crippen molar-refractivity contribution in [3.63, 3.8) is 0 Å². The third-order valence-electron chi connectivity index (χ3n) is 2.77. The van der Waals surface area contributed by atoms with E-state index in [9.17, 15) is 9.59 Å². The first-order chi connectivity index (χ1) is 8.10. The molecule has 0 fully saturated rings. The maximum Gasteiger partial charge on any atom is 0.329 e. The maximum absolute atomic E-state index is 12.0. The summed E-state index contributed by atoms with van der Waals surface area (Å²) in [6.07, 6.45) is 1.42. The highest BCUT2D eigenvalue weighted by molar-refractivity contribution is 9.10. The van der Waals surface area contributed by atoms with Gasteiger partial charge in [0.05, 0.1) is 7.11 Å². The molecule has 0 saturated heterocycles. The molecule has 0 saturated carbocycles. The van der Waals surface area contributed by atoms with Crippen LogP contribution in [0.2, 0.25) is 0 Å². The normalized spacial score (nSPS) is 22.3. The van der Waals surface area contributed by atoms with Gasteiger partial charge >= 0.3 is 5.97 Å². The van der Waals surface area contributed by atoms with E-state index < -0.39 is 12.0 Å². The molecular weight excluding hydrogens is 292 g/mol. The van der Waals surface area contributed by atoms with Crippen molar-refractivity contribution >= 4 is 21.9 Å². The van der Waals surface area contributed by atoms with Gasteiger partial charge < -0.3 is 9.47 Å². The lowest BCUT2D eigenvalue weighted by molar-refractivity contribution is -0.144. The summed E-state index contributed by atoms with van der Waals surface area (Å²) in [5.74, 6) is -0.0103. The molecule has 2 rings (SSSR count). The molecule has 0 aliphatic carbocycles. The lowest BCUT2D eigenvalue weighted by Crippen LogP contribution is -2.29. The van der Waals surface area contributed by atoms with E-state index in [4.69, 9.17) is 4.74 Å². The van der Waals surface area contributed by atoms with Crippen LogP contribution in [0, 0.1) is 0 Å². The number of esters is 1. The van der Waals surface area contributed by atoms with Crippen LogP contribution in [0.5, 0.6) is 0 Å². The van der Waals surface area contributed by atoms with Crippen molar-refractivity contribution in [1.82, 2.24) is 9.55 Å². The number of methoxy groups -OCH3 is 2. The third kappa shape index (κ3) is 1.89. The monoisotopic (exact) mass is 302 g/mol. The van der Waals surface area contributed by atoms with Crippen molar-refractivity contribution < 1.29 is 14.3 Å². The summed E-state index contributed by atoms with van der Waals surface area (Å²) in [4.78, 5) is 27.7. The first-order valence-electron chi connectivity index (χ1n) is 4.97. The van der Waals surface area contributed by atoms with E-state index in [1.807, 2.05) is 0 Å². The molecule has 0 spiro atoms. The van der Waals surface area contributed by atoms with Gasteiger partial charge in [-0.25, -0.2) is 9.78 Å². The van der Waals surface area contributed by atoms with Crippen molar-refractivity contribution in [3.05, 3.63) is 26.8 Å². The Hall–Kier alpha value is -1.21. The highest BCUT2D eigenvalue weighted by Crippen LogP contribution is 2.34. The predicted octanol–water partition coefficient (Wildman–Crippen LogP) is 0.811. The fraction of sp³-hybridized carbons (Fsp3) is 0.500. The first-order valence-corrected chi connectivity index (χ1v) is 5.77. The van der Waals surface area contributed by atoms with Crippen LogP contribution < -0.4 is 5.56 Å². The fourth-order valence-electron chi connectivity index (χ4n) is 1.95. The standard InChI is InChI=1S/C10H11BrN2O4/c1-16-7-3-6(10(15)17-2)13-8(7)12-4-5(11)9(13)14/h4,6-7H,3H2,1-2H3/t6-,7+/m0/s1. The molecule has 17 heavy (non-hydrogen) atoms. The molecule has 6 nitrogen and oxygen atoms in total. The van der Waals surface area contributed by atoms with Gasteiger partial charge in [-0.3, -0.25) is 9.36 Å². The maximum atomic E-state index is 12.0. The second-order valence-electron chi connectivity index (χ2n) is 3.64. The quantitative estimate of drug-likeness (QED) is 0.756. The van der Waals surface area contributed by atoms with E-state index >= 15 is 0 Å². The van der Waals surface area contributed by atoms with Gasteiger partial charge in [-0.1, -0.05) is 0 Å². The molecule has 0 bridgehead atoms. The number of carbonyl (C=O) groups excluding carboxylic acids is 1. The summed E-state index contributed by atoms with van der Waals surface area (Å²) in [6, 6.07) is -0.669. The zero-order chi connectivity index (χ0) is 12.6. The highest BCUT2D eigenvalue weighted by Gasteiger charge is 2.38. The zero-order valence-corrected chi connectivity index (χ0v) is 10.9.